The molecule has 1 amide bonds. The van der Waals surface area contributed by atoms with Crippen LogP contribution in [0, 0.1) is 12.8 Å². The van der Waals surface area contributed by atoms with Crippen LogP contribution in [-0.2, 0) is 9.53 Å². The monoisotopic (exact) mass is 356 g/mol. The van der Waals surface area contributed by atoms with Crippen LogP contribution in [0.3, 0.4) is 0 Å². The lowest BCUT2D eigenvalue weighted by Crippen LogP contribution is -2.38. The van der Waals surface area contributed by atoms with Gasteiger partial charge in [-0.3, -0.25) is 4.79 Å². The van der Waals surface area contributed by atoms with E-state index in [1.54, 1.807) is 19.1 Å². The summed E-state index contributed by atoms with van der Waals surface area (Å²) in [5, 5.41) is 2.77. The summed E-state index contributed by atoms with van der Waals surface area (Å²) in [5.74, 6) is -0.560. The van der Waals surface area contributed by atoms with Gasteiger partial charge in [0.25, 0.3) is 5.91 Å². The molecule has 6 heteroatoms. The predicted molar refractivity (Wildman–Crippen MR) is 86.0 cm³/mol. The van der Waals surface area contributed by atoms with E-state index in [1.165, 1.54) is 0 Å². The van der Waals surface area contributed by atoms with Crippen LogP contribution in [-0.4, -0.2) is 24.5 Å². The average molecular weight is 357 g/mol. The molecule has 1 atom stereocenters. The molecule has 0 aliphatic heterocycles. The summed E-state index contributed by atoms with van der Waals surface area (Å²) in [6, 6.07) is 3.37. The number of hydrogen-bond acceptors (Lipinski definition) is 4. The van der Waals surface area contributed by atoms with Crippen LogP contribution in [0.5, 0.6) is 0 Å². The van der Waals surface area contributed by atoms with Gasteiger partial charge in [-0.15, -0.1) is 0 Å². The molecule has 5 nitrogen and oxygen atoms in total. The van der Waals surface area contributed by atoms with Crippen LogP contribution < -0.4 is 11.1 Å². The molecule has 0 aliphatic rings. The van der Waals surface area contributed by atoms with E-state index in [0.717, 1.165) is 0 Å². The van der Waals surface area contributed by atoms with Gasteiger partial charge in [-0.1, -0.05) is 29.8 Å². The van der Waals surface area contributed by atoms with E-state index >= 15 is 0 Å². The van der Waals surface area contributed by atoms with Crippen molar-refractivity contribution < 1.29 is 14.3 Å². The molecule has 116 valence electrons. The maximum Gasteiger partial charge on any atom is 0.339 e. The highest BCUT2D eigenvalue weighted by atomic mass is 79.9. The first-order valence-electron chi connectivity index (χ1n) is 6.74. The summed E-state index contributed by atoms with van der Waals surface area (Å²) in [7, 11) is 0. The number of benzene rings is 1. The predicted octanol–water partition coefficient (Wildman–Crippen LogP) is 2.66. The van der Waals surface area contributed by atoms with Gasteiger partial charge in [0, 0.05) is 16.2 Å². The van der Waals surface area contributed by atoms with Crippen molar-refractivity contribution in [1.82, 2.24) is 5.32 Å². The van der Waals surface area contributed by atoms with Gasteiger partial charge in [-0.2, -0.15) is 0 Å². The molecule has 0 radical (unpaired) electrons. The van der Waals surface area contributed by atoms with E-state index in [-0.39, 0.29) is 18.6 Å². The van der Waals surface area contributed by atoms with Gasteiger partial charge < -0.3 is 15.8 Å². The minimum Gasteiger partial charge on any atom is -0.452 e. The van der Waals surface area contributed by atoms with Gasteiger partial charge in [-0.05, 0) is 37.5 Å². The molecule has 21 heavy (non-hydrogen) atoms. The quantitative estimate of drug-likeness (QED) is 0.627. The number of hydrogen-bond donors (Lipinski definition) is 2. The lowest BCUT2D eigenvalue weighted by molar-refractivity contribution is -0.125. The molecule has 1 rings (SSSR count). The number of rotatable bonds is 5. The summed E-state index contributed by atoms with van der Waals surface area (Å²) in [5.41, 5.74) is 7.28. The van der Waals surface area contributed by atoms with Crippen molar-refractivity contribution in [1.29, 1.82) is 0 Å². The Morgan fingerprint density at radius 2 is 1.95 bits per heavy atom. The fourth-order valence-electron chi connectivity index (χ4n) is 1.58. The maximum atomic E-state index is 12.0. The van der Waals surface area contributed by atoms with Crippen LogP contribution in [0.4, 0.5) is 5.69 Å². The second-order valence-corrected chi connectivity index (χ2v) is 6.26. The summed E-state index contributed by atoms with van der Waals surface area (Å²) in [6.07, 6.45) is 0. The van der Waals surface area contributed by atoms with E-state index in [9.17, 15) is 9.59 Å². The van der Waals surface area contributed by atoms with Crippen molar-refractivity contribution >= 4 is 33.5 Å². The number of carbonyl (C=O) groups excluding carboxylic acids is 2. The van der Waals surface area contributed by atoms with Crippen molar-refractivity contribution in [3.63, 3.8) is 0 Å². The Kier molecular flexibility index (Phi) is 6.20. The number of ether oxygens (including phenoxy) is 1. The fraction of sp³-hybridized carbons (Fsp3) is 0.467. The van der Waals surface area contributed by atoms with E-state index in [2.05, 4.69) is 21.2 Å². The van der Waals surface area contributed by atoms with Crippen LogP contribution >= 0.6 is 15.9 Å². The third kappa shape index (κ3) is 5.04. The molecule has 1 aromatic rings. The standard InChI is InChI=1S/C15H21BrN2O3/c1-8(2)10(4)18-14(19)7-21-15(20)12-5-11(16)6-13(17)9(12)3/h5-6,8,10H,7,17H2,1-4H3,(H,18,19). The number of halogens is 1. The second kappa shape index (κ2) is 7.45. The van der Waals surface area contributed by atoms with Gasteiger partial charge in [0.1, 0.15) is 0 Å². The number of carbonyl (C=O) groups is 2. The first-order chi connectivity index (χ1) is 9.72. The van der Waals surface area contributed by atoms with Crippen molar-refractivity contribution in [2.24, 2.45) is 5.92 Å². The zero-order valence-corrected chi connectivity index (χ0v) is 14.3. The van der Waals surface area contributed by atoms with Crippen LogP contribution in [0.1, 0.15) is 36.7 Å². The Morgan fingerprint density at radius 3 is 2.52 bits per heavy atom. The van der Waals surface area contributed by atoms with Crippen LogP contribution in [0.25, 0.3) is 0 Å². The number of amides is 1. The number of nitrogens with one attached hydrogen (secondary N) is 1. The zero-order valence-electron chi connectivity index (χ0n) is 12.7. The largest absolute Gasteiger partial charge is 0.452 e. The van der Waals surface area contributed by atoms with Crippen LogP contribution in [0.2, 0.25) is 0 Å². The molecule has 0 aliphatic carbocycles. The highest BCUT2D eigenvalue weighted by Gasteiger charge is 2.16. The molecule has 0 saturated carbocycles. The van der Waals surface area contributed by atoms with Crippen molar-refractivity contribution in [2.75, 3.05) is 12.3 Å². The van der Waals surface area contributed by atoms with E-state index < -0.39 is 5.97 Å². The number of anilines is 1. The van der Waals surface area contributed by atoms with Crippen molar-refractivity contribution in [3.8, 4) is 0 Å². The molecule has 0 saturated heterocycles. The minimum absolute atomic E-state index is 0.0273. The van der Waals surface area contributed by atoms with E-state index in [4.69, 9.17) is 10.5 Å². The molecular weight excluding hydrogens is 336 g/mol. The first-order valence-corrected chi connectivity index (χ1v) is 7.53. The van der Waals surface area contributed by atoms with Gasteiger partial charge in [-0.25, -0.2) is 4.79 Å². The molecule has 0 heterocycles. The number of nitrogens with two attached hydrogens (primary N) is 1. The smallest absolute Gasteiger partial charge is 0.339 e. The number of esters is 1. The Morgan fingerprint density at radius 1 is 1.33 bits per heavy atom. The lowest BCUT2D eigenvalue weighted by atomic mass is 10.1. The SMILES string of the molecule is Cc1c(N)cc(Br)cc1C(=O)OCC(=O)NC(C)C(C)C. The van der Waals surface area contributed by atoms with Gasteiger partial charge in [0.15, 0.2) is 6.61 Å². The molecular formula is C15H21BrN2O3. The average Bonchev–Trinajstić information content (AvgIpc) is 2.39. The van der Waals surface area contributed by atoms with Gasteiger partial charge in [0.2, 0.25) is 0 Å². The zero-order chi connectivity index (χ0) is 16.2. The summed E-state index contributed by atoms with van der Waals surface area (Å²) < 4.78 is 5.72. The maximum absolute atomic E-state index is 12.0. The Balaban J connectivity index is 2.65. The lowest BCUT2D eigenvalue weighted by Gasteiger charge is -2.17. The summed E-state index contributed by atoms with van der Waals surface area (Å²) >= 11 is 3.28. The molecule has 0 spiro atoms. The Labute approximate surface area is 133 Å². The number of nitrogen functional groups attached to an aromatic ring is 1. The Bertz CT molecular complexity index is 544. The van der Waals surface area contributed by atoms with Gasteiger partial charge >= 0.3 is 5.97 Å². The molecule has 0 fully saturated rings. The normalized spacial score (nSPS) is 12.1. The molecule has 3 N–H and O–H groups in total. The third-order valence-corrected chi connectivity index (χ3v) is 3.81. The molecule has 0 bridgehead atoms. The van der Waals surface area contributed by atoms with E-state index in [1.807, 2.05) is 20.8 Å². The topological polar surface area (TPSA) is 81.4 Å². The first kappa shape index (κ1) is 17.5. The van der Waals surface area contributed by atoms with Crippen molar-refractivity contribution in [2.45, 2.75) is 33.7 Å². The van der Waals surface area contributed by atoms with Gasteiger partial charge in [0.05, 0.1) is 5.56 Å². The van der Waals surface area contributed by atoms with E-state index in [0.29, 0.717) is 27.2 Å². The summed E-state index contributed by atoms with van der Waals surface area (Å²) in [6.45, 7) is 7.35. The summed E-state index contributed by atoms with van der Waals surface area (Å²) in [4.78, 5) is 23.7. The molecule has 0 aromatic heterocycles. The highest BCUT2D eigenvalue weighted by molar-refractivity contribution is 9.10. The van der Waals surface area contributed by atoms with Crippen molar-refractivity contribution in [3.05, 3.63) is 27.7 Å². The highest BCUT2D eigenvalue weighted by Crippen LogP contribution is 2.23. The third-order valence-electron chi connectivity index (χ3n) is 3.36. The molecule has 1 aromatic carbocycles. The second-order valence-electron chi connectivity index (χ2n) is 5.34. The minimum atomic E-state index is -0.562. The molecule has 1 unspecified atom stereocenters. The fourth-order valence-corrected chi connectivity index (χ4v) is 2.06. The van der Waals surface area contributed by atoms with Crippen LogP contribution in [0.15, 0.2) is 16.6 Å². The Hall–Kier alpha value is -1.56.